The first kappa shape index (κ1) is 30.0. The molecule has 0 aliphatic carbocycles. The maximum atomic E-state index is 12.9. The van der Waals surface area contributed by atoms with Crippen LogP contribution in [0.15, 0.2) is 79.4 Å². The zero-order valence-electron chi connectivity index (χ0n) is 22.9. The summed E-state index contributed by atoms with van der Waals surface area (Å²) in [7, 11) is 0. The van der Waals surface area contributed by atoms with Crippen LogP contribution in [0.4, 0.5) is 0 Å². The van der Waals surface area contributed by atoms with Crippen molar-refractivity contribution in [2.75, 3.05) is 13.2 Å². The Morgan fingerprint density at radius 2 is 1.55 bits per heavy atom. The van der Waals surface area contributed by atoms with E-state index in [0.717, 1.165) is 18.4 Å². The third kappa shape index (κ3) is 9.63. The quantitative estimate of drug-likeness (QED) is 0.0805. The molecule has 0 saturated heterocycles. The van der Waals surface area contributed by atoms with Gasteiger partial charge in [0.2, 0.25) is 0 Å². The number of nitriles is 1. The molecule has 0 heterocycles. The van der Waals surface area contributed by atoms with E-state index in [2.05, 4.69) is 13.5 Å². The largest absolute Gasteiger partial charge is 0.494 e. The van der Waals surface area contributed by atoms with Gasteiger partial charge in [0.05, 0.1) is 23.8 Å². The van der Waals surface area contributed by atoms with Gasteiger partial charge in [-0.3, -0.25) is 0 Å². The number of benzene rings is 3. The monoisotopic (exact) mass is 541 g/mol. The smallest absolute Gasteiger partial charge is 0.343 e. The van der Waals surface area contributed by atoms with E-state index in [0.29, 0.717) is 23.5 Å². The zero-order valence-corrected chi connectivity index (χ0v) is 22.9. The number of hydrogen-bond acceptors (Lipinski definition) is 7. The van der Waals surface area contributed by atoms with Crippen molar-refractivity contribution in [3.05, 3.63) is 102 Å². The lowest BCUT2D eigenvalue weighted by atomic mass is 10.1. The molecule has 0 spiro atoms. The summed E-state index contributed by atoms with van der Waals surface area (Å²) < 4.78 is 22.4. The summed E-state index contributed by atoms with van der Waals surface area (Å²) in [5, 5.41) is 8.94. The van der Waals surface area contributed by atoms with Crippen molar-refractivity contribution >= 4 is 11.9 Å². The third-order valence-electron chi connectivity index (χ3n) is 6.05. The minimum atomic E-state index is -0.645. The molecule has 0 atom stereocenters. The summed E-state index contributed by atoms with van der Waals surface area (Å²) in [6, 6.07) is 20.0. The molecule has 0 aliphatic rings. The van der Waals surface area contributed by atoms with Crippen molar-refractivity contribution in [2.45, 2.75) is 52.1 Å². The van der Waals surface area contributed by atoms with Gasteiger partial charge in [-0.1, -0.05) is 63.8 Å². The first-order valence-electron chi connectivity index (χ1n) is 13.5. The molecule has 3 aromatic rings. The second-order valence-corrected chi connectivity index (χ2v) is 9.17. The lowest BCUT2D eigenvalue weighted by Crippen LogP contribution is -2.11. The van der Waals surface area contributed by atoms with Crippen molar-refractivity contribution in [3.8, 4) is 23.3 Å². The Morgan fingerprint density at radius 1 is 0.850 bits per heavy atom. The van der Waals surface area contributed by atoms with Crippen LogP contribution in [0.3, 0.4) is 0 Å². The maximum absolute atomic E-state index is 12.9. The van der Waals surface area contributed by atoms with Crippen LogP contribution in [-0.4, -0.2) is 25.2 Å². The predicted molar refractivity (Wildman–Crippen MR) is 153 cm³/mol. The normalized spacial score (nSPS) is 10.3. The van der Waals surface area contributed by atoms with E-state index in [-0.39, 0.29) is 30.3 Å². The van der Waals surface area contributed by atoms with E-state index in [1.54, 1.807) is 66.7 Å². The van der Waals surface area contributed by atoms with Gasteiger partial charge in [-0.05, 0) is 66.6 Å². The summed E-state index contributed by atoms with van der Waals surface area (Å²) in [6.45, 7) is 6.66. The number of rotatable bonds is 16. The Kier molecular flexibility index (Phi) is 12.3. The van der Waals surface area contributed by atoms with Crippen molar-refractivity contribution < 1.29 is 28.5 Å². The molecule has 0 N–H and O–H groups in total. The van der Waals surface area contributed by atoms with E-state index >= 15 is 0 Å². The van der Waals surface area contributed by atoms with Crippen LogP contribution in [0, 0.1) is 11.3 Å². The van der Waals surface area contributed by atoms with Crippen molar-refractivity contribution in [2.24, 2.45) is 0 Å². The van der Waals surface area contributed by atoms with Crippen LogP contribution in [0.2, 0.25) is 0 Å². The SMILES string of the molecule is C=CCOc1ccc(OC(=O)c2ccc(OCCCCCCCC)cc2)cc1C(=O)OCc1ccc(C#N)cc1. The number of unbranched alkanes of at least 4 members (excludes halogenated alkanes) is 5. The van der Waals surface area contributed by atoms with Gasteiger partial charge in [-0.2, -0.15) is 5.26 Å². The van der Waals surface area contributed by atoms with Crippen molar-refractivity contribution in [1.82, 2.24) is 0 Å². The van der Waals surface area contributed by atoms with Crippen LogP contribution in [0.1, 0.15) is 77.3 Å². The summed E-state index contributed by atoms with van der Waals surface area (Å²) in [4.78, 5) is 25.7. The molecule has 7 nitrogen and oxygen atoms in total. The minimum Gasteiger partial charge on any atom is -0.494 e. The van der Waals surface area contributed by atoms with E-state index in [9.17, 15) is 9.59 Å². The van der Waals surface area contributed by atoms with Crippen LogP contribution < -0.4 is 14.2 Å². The van der Waals surface area contributed by atoms with Crippen LogP contribution in [0.5, 0.6) is 17.2 Å². The van der Waals surface area contributed by atoms with E-state index in [1.165, 1.54) is 31.7 Å². The first-order valence-corrected chi connectivity index (χ1v) is 13.5. The van der Waals surface area contributed by atoms with Gasteiger partial charge in [-0.25, -0.2) is 9.59 Å². The number of esters is 2. The highest BCUT2D eigenvalue weighted by atomic mass is 16.5. The molecule has 0 saturated carbocycles. The summed E-state index contributed by atoms with van der Waals surface area (Å²) in [6.07, 6.45) is 8.69. The topological polar surface area (TPSA) is 94.8 Å². The number of nitrogens with zero attached hydrogens (tertiary/aromatic N) is 1. The fourth-order valence-electron chi connectivity index (χ4n) is 3.83. The predicted octanol–water partition coefficient (Wildman–Crippen LogP) is 7.44. The molecule has 0 fully saturated rings. The maximum Gasteiger partial charge on any atom is 0.343 e. The molecular weight excluding hydrogens is 506 g/mol. The first-order chi connectivity index (χ1) is 19.5. The van der Waals surface area contributed by atoms with Gasteiger partial charge in [-0.15, -0.1) is 0 Å². The zero-order chi connectivity index (χ0) is 28.6. The van der Waals surface area contributed by atoms with Gasteiger partial charge in [0.25, 0.3) is 0 Å². The molecule has 3 aromatic carbocycles. The Hall–Kier alpha value is -4.57. The number of carbonyl (C=O) groups excluding carboxylic acids is 2. The molecule has 208 valence electrons. The third-order valence-corrected chi connectivity index (χ3v) is 6.05. The minimum absolute atomic E-state index is 0.00271. The molecule has 0 aromatic heterocycles. The molecule has 40 heavy (non-hydrogen) atoms. The molecule has 0 amide bonds. The highest BCUT2D eigenvalue weighted by molar-refractivity contribution is 5.94. The van der Waals surface area contributed by atoms with Crippen molar-refractivity contribution in [1.29, 1.82) is 5.26 Å². The van der Waals surface area contributed by atoms with Gasteiger partial charge in [0.1, 0.15) is 36.0 Å². The lowest BCUT2D eigenvalue weighted by Gasteiger charge is -2.13. The Morgan fingerprint density at radius 3 is 2.25 bits per heavy atom. The van der Waals surface area contributed by atoms with E-state index < -0.39 is 11.9 Å². The summed E-state index contributed by atoms with van der Waals surface area (Å²) in [5.74, 6) is -0.0745. The fourth-order valence-corrected chi connectivity index (χ4v) is 3.83. The Balaban J connectivity index is 1.59. The van der Waals surface area contributed by atoms with Crippen LogP contribution in [0.25, 0.3) is 0 Å². The molecule has 7 heteroatoms. The number of ether oxygens (including phenoxy) is 4. The fraction of sp³-hybridized carbons (Fsp3) is 0.303. The lowest BCUT2D eigenvalue weighted by molar-refractivity contribution is 0.0466. The average Bonchev–Trinajstić information content (AvgIpc) is 2.99. The number of carbonyl (C=O) groups is 2. The molecule has 3 rings (SSSR count). The van der Waals surface area contributed by atoms with E-state index in [1.807, 2.05) is 6.07 Å². The average molecular weight is 542 g/mol. The Labute approximate surface area is 235 Å². The van der Waals surface area contributed by atoms with Crippen molar-refractivity contribution in [3.63, 3.8) is 0 Å². The van der Waals surface area contributed by atoms with Crippen LogP contribution in [-0.2, 0) is 11.3 Å². The molecule has 0 aliphatic heterocycles. The van der Waals surface area contributed by atoms with E-state index in [4.69, 9.17) is 24.2 Å². The standard InChI is InChI=1S/C33H35NO6/c1-3-5-6-7-8-9-21-37-28-16-14-27(15-17-28)32(35)40-29-18-19-31(38-20-4-2)30(22-29)33(36)39-24-26-12-10-25(23-34)11-13-26/h4,10-19,22H,2-3,5-9,20-21,24H2,1H3. The van der Waals surface area contributed by atoms with Gasteiger partial charge in [0.15, 0.2) is 0 Å². The summed E-state index contributed by atoms with van der Waals surface area (Å²) >= 11 is 0. The van der Waals surface area contributed by atoms with Gasteiger partial charge < -0.3 is 18.9 Å². The van der Waals surface area contributed by atoms with Crippen LogP contribution >= 0.6 is 0 Å². The molecule has 0 unspecified atom stereocenters. The second-order valence-electron chi connectivity index (χ2n) is 9.17. The summed E-state index contributed by atoms with van der Waals surface area (Å²) in [5.41, 5.74) is 1.70. The second kappa shape index (κ2) is 16.4. The van der Waals surface area contributed by atoms with Gasteiger partial charge >= 0.3 is 11.9 Å². The Bertz CT molecular complexity index is 1290. The molecule has 0 bridgehead atoms. The highest BCUT2D eigenvalue weighted by Crippen LogP contribution is 2.27. The van der Waals surface area contributed by atoms with Gasteiger partial charge in [0, 0.05) is 0 Å². The molecular formula is C33H35NO6. The number of hydrogen-bond donors (Lipinski definition) is 0. The highest BCUT2D eigenvalue weighted by Gasteiger charge is 2.18. The molecule has 0 radical (unpaired) electrons.